The maximum absolute atomic E-state index is 11.6. The first-order chi connectivity index (χ1) is 13.0. The fourth-order valence-electron chi connectivity index (χ4n) is 3.28. The number of para-hydroxylation sites is 1. The van der Waals surface area contributed by atoms with Crippen molar-refractivity contribution in [2.45, 2.75) is 13.0 Å². The molecule has 0 bridgehead atoms. The van der Waals surface area contributed by atoms with Crippen molar-refractivity contribution in [2.75, 3.05) is 64.9 Å². The molecule has 0 amide bonds. The summed E-state index contributed by atoms with van der Waals surface area (Å²) in [5.41, 5.74) is 0.978. The molecule has 0 saturated carbocycles. The maximum atomic E-state index is 11.6. The molecule has 2 heterocycles. The van der Waals surface area contributed by atoms with Crippen molar-refractivity contribution in [3.8, 4) is 0 Å². The fourth-order valence-corrected chi connectivity index (χ4v) is 3.95. The van der Waals surface area contributed by atoms with E-state index >= 15 is 0 Å². The molecule has 1 aromatic carbocycles. The third kappa shape index (κ3) is 5.68. The zero-order chi connectivity index (χ0) is 19.2. The van der Waals surface area contributed by atoms with E-state index in [9.17, 15) is 4.21 Å². The normalized spacial score (nSPS) is 17.5. The van der Waals surface area contributed by atoms with Crippen molar-refractivity contribution in [3.05, 3.63) is 30.1 Å². The molecule has 2 aromatic rings. The average Bonchev–Trinajstić information content (AvgIpc) is 2.65. The number of piperazine rings is 1. The van der Waals surface area contributed by atoms with Crippen LogP contribution in [0.15, 0.2) is 24.3 Å². The van der Waals surface area contributed by atoms with Crippen molar-refractivity contribution < 1.29 is 4.21 Å². The Balaban J connectivity index is 1.69. The Hall–Kier alpha value is -1.61. The van der Waals surface area contributed by atoms with Gasteiger partial charge in [-0.3, -0.25) is 4.90 Å². The van der Waals surface area contributed by atoms with Crippen molar-refractivity contribution in [1.82, 2.24) is 24.1 Å². The van der Waals surface area contributed by atoms with Gasteiger partial charge in [0.2, 0.25) is 0 Å². The van der Waals surface area contributed by atoms with Crippen molar-refractivity contribution in [1.29, 1.82) is 0 Å². The minimum atomic E-state index is -0.882. The van der Waals surface area contributed by atoms with Gasteiger partial charge in [0.25, 0.3) is 0 Å². The second kappa shape index (κ2) is 9.54. The predicted octanol–water partition coefficient (Wildman–Crippen LogP) is 1.40. The van der Waals surface area contributed by atoms with Gasteiger partial charge in [-0.1, -0.05) is 12.1 Å². The summed E-state index contributed by atoms with van der Waals surface area (Å²) in [6.07, 6.45) is 2.81. The molecule has 27 heavy (non-hydrogen) atoms. The molecule has 1 unspecified atom stereocenters. The summed E-state index contributed by atoms with van der Waals surface area (Å²) in [4.78, 5) is 14.1. The molecule has 1 saturated heterocycles. The van der Waals surface area contributed by atoms with Gasteiger partial charge in [0.05, 0.1) is 23.0 Å². The van der Waals surface area contributed by atoms with Crippen LogP contribution in [0.1, 0.15) is 12.2 Å². The number of aromatic nitrogens is 2. The Kier molecular flexibility index (Phi) is 7.12. The molecule has 1 aliphatic heterocycles. The Bertz CT molecular complexity index is 776. The van der Waals surface area contributed by atoms with Gasteiger partial charge >= 0.3 is 0 Å². The van der Waals surface area contributed by atoms with Crippen LogP contribution in [0.2, 0.25) is 0 Å². The number of nitrogens with one attached hydrogen (secondary N) is 1. The van der Waals surface area contributed by atoms with Gasteiger partial charge in [-0.2, -0.15) is 0 Å². The van der Waals surface area contributed by atoms with Crippen molar-refractivity contribution in [2.24, 2.45) is 0 Å². The minimum absolute atomic E-state index is 0.724. The highest BCUT2D eigenvalue weighted by Gasteiger charge is 2.20. The lowest BCUT2D eigenvalue weighted by Gasteiger charge is -2.32. The first-order valence-corrected chi connectivity index (χ1v) is 11.0. The molecule has 148 valence electrons. The standard InChI is InChI=1S/C19H30N6OS/c1-23(2)10-6-9-20-19-16-7-4-5-8-17(16)21-18(22-19)15-24-11-13-25(14-12-24)27(3)26/h4-5,7-8H,6,9-15H2,1-3H3,(H,20,21,22). The number of fused-ring (bicyclic) bond motifs is 1. The summed E-state index contributed by atoms with van der Waals surface area (Å²) in [6.45, 7) is 6.09. The summed E-state index contributed by atoms with van der Waals surface area (Å²) >= 11 is 0. The zero-order valence-electron chi connectivity index (χ0n) is 16.5. The van der Waals surface area contributed by atoms with E-state index in [1.165, 1.54) is 0 Å². The number of nitrogens with zero attached hydrogens (tertiary/aromatic N) is 5. The number of hydrogen-bond donors (Lipinski definition) is 1. The largest absolute Gasteiger partial charge is 0.369 e. The molecule has 3 rings (SSSR count). The van der Waals surface area contributed by atoms with Gasteiger partial charge < -0.3 is 10.2 Å². The van der Waals surface area contributed by atoms with Gasteiger partial charge in [0, 0.05) is 44.4 Å². The number of anilines is 1. The number of rotatable bonds is 8. The summed E-state index contributed by atoms with van der Waals surface area (Å²) < 4.78 is 13.6. The molecule has 1 aromatic heterocycles. The molecule has 7 nitrogen and oxygen atoms in total. The van der Waals surface area contributed by atoms with Crippen LogP contribution in [0.25, 0.3) is 10.9 Å². The smallest absolute Gasteiger partial charge is 0.145 e. The monoisotopic (exact) mass is 390 g/mol. The lowest BCUT2D eigenvalue weighted by molar-refractivity contribution is 0.182. The van der Waals surface area contributed by atoms with Crippen LogP contribution in [-0.2, 0) is 17.5 Å². The number of hydrogen-bond acceptors (Lipinski definition) is 6. The highest BCUT2D eigenvalue weighted by atomic mass is 32.2. The summed E-state index contributed by atoms with van der Waals surface area (Å²) in [7, 11) is 3.30. The van der Waals surface area contributed by atoms with E-state index in [-0.39, 0.29) is 0 Å². The zero-order valence-corrected chi connectivity index (χ0v) is 17.3. The van der Waals surface area contributed by atoms with Crippen molar-refractivity contribution in [3.63, 3.8) is 0 Å². The maximum Gasteiger partial charge on any atom is 0.145 e. The summed E-state index contributed by atoms with van der Waals surface area (Å²) in [5, 5.41) is 4.56. The summed E-state index contributed by atoms with van der Waals surface area (Å²) in [5.74, 6) is 1.76. The van der Waals surface area contributed by atoms with E-state index in [1.54, 1.807) is 6.26 Å². The SMILES string of the molecule is CN(C)CCCNc1nc(CN2CCN(S(C)=O)CC2)nc2ccccc12. The minimum Gasteiger partial charge on any atom is -0.369 e. The molecular weight excluding hydrogens is 360 g/mol. The third-order valence-electron chi connectivity index (χ3n) is 4.78. The van der Waals surface area contributed by atoms with Crippen LogP contribution >= 0.6 is 0 Å². The second-order valence-electron chi connectivity index (χ2n) is 7.22. The van der Waals surface area contributed by atoms with Crippen LogP contribution < -0.4 is 5.32 Å². The summed E-state index contributed by atoms with van der Waals surface area (Å²) in [6, 6.07) is 8.16. The Labute approximate surface area is 164 Å². The number of benzene rings is 1. The topological polar surface area (TPSA) is 64.6 Å². The van der Waals surface area contributed by atoms with Gasteiger partial charge in [-0.05, 0) is 39.2 Å². The molecule has 0 spiro atoms. The molecule has 1 atom stereocenters. The van der Waals surface area contributed by atoms with Crippen LogP contribution in [-0.4, -0.2) is 87.9 Å². The molecule has 0 radical (unpaired) electrons. The molecule has 1 N–H and O–H groups in total. The predicted molar refractivity (Wildman–Crippen MR) is 112 cm³/mol. The van der Waals surface area contributed by atoms with E-state index < -0.39 is 11.0 Å². The van der Waals surface area contributed by atoms with Crippen LogP contribution in [0.5, 0.6) is 0 Å². The quantitative estimate of drug-likeness (QED) is 0.688. The van der Waals surface area contributed by atoms with Crippen LogP contribution in [0.3, 0.4) is 0 Å². The Morgan fingerprint density at radius 2 is 1.89 bits per heavy atom. The van der Waals surface area contributed by atoms with E-state index in [4.69, 9.17) is 9.97 Å². The molecule has 8 heteroatoms. The van der Waals surface area contributed by atoms with Gasteiger partial charge in [-0.25, -0.2) is 18.5 Å². The molecular formula is C19H30N6OS. The van der Waals surface area contributed by atoms with Crippen molar-refractivity contribution >= 4 is 27.7 Å². The van der Waals surface area contributed by atoms with Gasteiger partial charge in [0.15, 0.2) is 0 Å². The first-order valence-electron chi connectivity index (χ1n) is 9.48. The molecule has 1 fully saturated rings. The molecule has 0 aliphatic carbocycles. The Morgan fingerprint density at radius 3 is 2.59 bits per heavy atom. The van der Waals surface area contributed by atoms with Gasteiger partial charge in [0.1, 0.15) is 11.6 Å². The fraction of sp³-hybridized carbons (Fsp3) is 0.579. The third-order valence-corrected chi connectivity index (χ3v) is 5.88. The van der Waals surface area contributed by atoms with E-state index in [2.05, 4.69) is 35.3 Å². The highest BCUT2D eigenvalue weighted by Crippen LogP contribution is 2.21. The highest BCUT2D eigenvalue weighted by molar-refractivity contribution is 7.81. The Morgan fingerprint density at radius 1 is 1.15 bits per heavy atom. The van der Waals surface area contributed by atoms with Crippen LogP contribution in [0.4, 0.5) is 5.82 Å². The second-order valence-corrected chi connectivity index (χ2v) is 8.58. The molecule has 1 aliphatic rings. The van der Waals surface area contributed by atoms with E-state index in [1.807, 2.05) is 22.5 Å². The first kappa shape index (κ1) is 20.1. The average molecular weight is 391 g/mol. The lowest BCUT2D eigenvalue weighted by Crippen LogP contribution is -2.46. The van der Waals surface area contributed by atoms with Gasteiger partial charge in [-0.15, -0.1) is 0 Å². The lowest BCUT2D eigenvalue weighted by atomic mass is 10.2. The van der Waals surface area contributed by atoms with Crippen LogP contribution in [0, 0.1) is 0 Å². The van der Waals surface area contributed by atoms with E-state index in [0.717, 1.165) is 74.8 Å². The van der Waals surface area contributed by atoms with E-state index in [0.29, 0.717) is 0 Å².